The summed E-state index contributed by atoms with van der Waals surface area (Å²) in [6.07, 6.45) is 0.428. The Morgan fingerprint density at radius 1 is 1.24 bits per heavy atom. The molecule has 0 saturated heterocycles. The van der Waals surface area contributed by atoms with Gasteiger partial charge < -0.3 is 10.1 Å². The highest BCUT2D eigenvalue weighted by atomic mass is 32.2. The second-order valence-electron chi connectivity index (χ2n) is 5.64. The molecule has 6 nitrogen and oxygen atoms in total. The normalized spacial score (nSPS) is 17.6. The first-order valence-electron chi connectivity index (χ1n) is 7.83. The van der Waals surface area contributed by atoms with Crippen LogP contribution in [-0.4, -0.2) is 29.6 Å². The van der Waals surface area contributed by atoms with Gasteiger partial charge in [-0.15, -0.1) is 0 Å². The zero-order valence-electron chi connectivity index (χ0n) is 13.6. The highest BCUT2D eigenvalue weighted by Gasteiger charge is 2.20. The van der Waals surface area contributed by atoms with Crippen LogP contribution in [0.4, 0.5) is 11.4 Å². The average molecular weight is 352 g/mol. The Hall–Kier alpha value is -2.80. The number of methoxy groups -OCH3 is 1. The third kappa shape index (κ3) is 3.23. The molecule has 2 aromatic rings. The molecule has 25 heavy (non-hydrogen) atoms. The second-order valence-corrected chi connectivity index (χ2v) is 6.61. The van der Waals surface area contributed by atoms with Crippen molar-refractivity contribution in [3.63, 3.8) is 0 Å². The van der Waals surface area contributed by atoms with Crippen LogP contribution in [0.1, 0.15) is 11.1 Å². The summed E-state index contributed by atoms with van der Waals surface area (Å²) in [5.41, 5.74) is 7.64. The van der Waals surface area contributed by atoms with Gasteiger partial charge in [0.2, 0.25) is 5.91 Å². The number of amides is 1. The Balaban J connectivity index is 1.54. The van der Waals surface area contributed by atoms with Gasteiger partial charge in [-0.1, -0.05) is 30.0 Å². The summed E-state index contributed by atoms with van der Waals surface area (Å²) in [5, 5.41) is 8.02. The van der Waals surface area contributed by atoms with Gasteiger partial charge in [-0.3, -0.25) is 10.2 Å². The van der Waals surface area contributed by atoms with E-state index in [1.54, 1.807) is 18.9 Å². The summed E-state index contributed by atoms with van der Waals surface area (Å²) in [6.45, 7) is 0. The third-order valence-corrected chi connectivity index (χ3v) is 4.88. The largest absolute Gasteiger partial charge is 0.494 e. The van der Waals surface area contributed by atoms with Crippen LogP contribution in [-0.2, 0) is 11.2 Å². The summed E-state index contributed by atoms with van der Waals surface area (Å²) in [5.74, 6) is 1.47. The molecule has 2 aromatic carbocycles. The van der Waals surface area contributed by atoms with Gasteiger partial charge in [0.1, 0.15) is 11.4 Å². The number of hydrogen-bond donors (Lipinski definition) is 2. The molecule has 7 heteroatoms. The van der Waals surface area contributed by atoms with E-state index in [4.69, 9.17) is 4.74 Å². The second kappa shape index (κ2) is 6.60. The van der Waals surface area contributed by atoms with Gasteiger partial charge in [0.15, 0.2) is 5.17 Å². The van der Waals surface area contributed by atoms with E-state index in [0.29, 0.717) is 12.2 Å². The number of rotatable bonds is 3. The highest BCUT2D eigenvalue weighted by molar-refractivity contribution is 8.14. The predicted octanol–water partition coefficient (Wildman–Crippen LogP) is 2.92. The van der Waals surface area contributed by atoms with Crippen molar-refractivity contribution in [2.24, 2.45) is 10.1 Å². The number of carbonyl (C=O) groups is 1. The third-order valence-electron chi connectivity index (χ3n) is 4.00. The molecule has 0 fully saturated rings. The number of anilines is 1. The molecule has 2 N–H and O–H groups in total. The van der Waals surface area contributed by atoms with Gasteiger partial charge in [0.25, 0.3) is 0 Å². The molecule has 0 aromatic heterocycles. The van der Waals surface area contributed by atoms with E-state index in [0.717, 1.165) is 39.1 Å². The summed E-state index contributed by atoms with van der Waals surface area (Å²) in [7, 11) is 1.63. The molecule has 0 saturated carbocycles. The van der Waals surface area contributed by atoms with Gasteiger partial charge in [0, 0.05) is 11.4 Å². The molecule has 0 aliphatic carbocycles. The fourth-order valence-corrected chi connectivity index (χ4v) is 3.54. The number of hydrazone groups is 1. The SMILES string of the molecule is COc1ccccc1N=C1NN=C(c2ccc3c(c2)CC(=O)N3)CS1. The lowest BCUT2D eigenvalue weighted by Crippen LogP contribution is -2.25. The first kappa shape index (κ1) is 15.7. The molecular formula is C18H16N4O2S. The fourth-order valence-electron chi connectivity index (χ4n) is 2.76. The fraction of sp³-hybridized carbons (Fsp3) is 0.167. The first-order valence-corrected chi connectivity index (χ1v) is 8.82. The number of para-hydroxylation sites is 2. The molecule has 1 amide bonds. The number of fused-ring (bicyclic) bond motifs is 1. The summed E-state index contributed by atoms with van der Waals surface area (Å²) < 4.78 is 5.32. The molecular weight excluding hydrogens is 336 g/mol. The van der Waals surface area contributed by atoms with Crippen LogP contribution < -0.4 is 15.5 Å². The lowest BCUT2D eigenvalue weighted by molar-refractivity contribution is -0.115. The number of amidine groups is 1. The Labute approximate surface area is 149 Å². The number of carbonyl (C=O) groups excluding carboxylic acids is 1. The van der Waals surface area contributed by atoms with Crippen molar-refractivity contribution >= 4 is 39.9 Å². The van der Waals surface area contributed by atoms with Crippen LogP contribution in [0.3, 0.4) is 0 Å². The van der Waals surface area contributed by atoms with E-state index in [2.05, 4.69) is 20.8 Å². The van der Waals surface area contributed by atoms with E-state index < -0.39 is 0 Å². The summed E-state index contributed by atoms with van der Waals surface area (Å²) in [6, 6.07) is 13.5. The van der Waals surface area contributed by atoms with Crippen LogP contribution >= 0.6 is 11.8 Å². The van der Waals surface area contributed by atoms with E-state index in [9.17, 15) is 4.79 Å². The Morgan fingerprint density at radius 3 is 2.92 bits per heavy atom. The maximum absolute atomic E-state index is 11.5. The number of thioether (sulfide) groups is 1. The number of hydrogen-bond acceptors (Lipinski definition) is 5. The number of benzene rings is 2. The molecule has 0 radical (unpaired) electrons. The number of aliphatic imine (C=N–C) groups is 1. The maximum Gasteiger partial charge on any atom is 0.228 e. The number of nitrogens with one attached hydrogen (secondary N) is 2. The molecule has 0 atom stereocenters. The van der Waals surface area contributed by atoms with Crippen molar-refractivity contribution in [2.45, 2.75) is 6.42 Å². The van der Waals surface area contributed by atoms with E-state index in [1.807, 2.05) is 42.5 Å². The first-order chi connectivity index (χ1) is 12.2. The van der Waals surface area contributed by atoms with Crippen LogP contribution in [0.15, 0.2) is 52.6 Å². The van der Waals surface area contributed by atoms with Crippen LogP contribution in [0, 0.1) is 0 Å². The quantitative estimate of drug-likeness (QED) is 0.891. The number of nitrogens with zero attached hydrogens (tertiary/aromatic N) is 2. The molecule has 0 bridgehead atoms. The van der Waals surface area contributed by atoms with Crippen molar-refractivity contribution in [2.75, 3.05) is 18.2 Å². The topological polar surface area (TPSA) is 75.1 Å². The lowest BCUT2D eigenvalue weighted by atomic mass is 10.1. The van der Waals surface area contributed by atoms with Gasteiger partial charge in [-0.25, -0.2) is 4.99 Å². The van der Waals surface area contributed by atoms with Crippen molar-refractivity contribution in [1.82, 2.24) is 5.43 Å². The molecule has 126 valence electrons. The molecule has 2 aliphatic rings. The molecule has 0 unspecified atom stereocenters. The van der Waals surface area contributed by atoms with Gasteiger partial charge in [-0.05, 0) is 35.4 Å². The molecule has 4 rings (SSSR count). The zero-order chi connectivity index (χ0) is 17.2. The Bertz CT molecular complexity index is 908. The minimum Gasteiger partial charge on any atom is -0.494 e. The van der Waals surface area contributed by atoms with Gasteiger partial charge in [0.05, 0.1) is 19.2 Å². The van der Waals surface area contributed by atoms with Crippen LogP contribution in [0.25, 0.3) is 0 Å². The minimum absolute atomic E-state index is 0.0384. The lowest BCUT2D eigenvalue weighted by Gasteiger charge is -2.15. The smallest absolute Gasteiger partial charge is 0.228 e. The standard InChI is InChI=1S/C18H16N4O2S/c1-24-16-5-3-2-4-14(16)20-18-22-21-15(10-25-18)11-6-7-13-12(8-11)9-17(23)19-13/h2-8H,9-10H2,1H3,(H,19,23)(H,20,22). The molecule has 2 heterocycles. The van der Waals surface area contributed by atoms with E-state index in [1.165, 1.54) is 0 Å². The van der Waals surface area contributed by atoms with Crippen LogP contribution in [0.2, 0.25) is 0 Å². The van der Waals surface area contributed by atoms with Crippen molar-refractivity contribution in [1.29, 1.82) is 0 Å². The average Bonchev–Trinajstić information content (AvgIpc) is 3.02. The van der Waals surface area contributed by atoms with Crippen molar-refractivity contribution in [3.05, 3.63) is 53.6 Å². The van der Waals surface area contributed by atoms with Crippen molar-refractivity contribution in [3.8, 4) is 5.75 Å². The predicted molar refractivity (Wildman–Crippen MR) is 101 cm³/mol. The summed E-state index contributed by atoms with van der Waals surface area (Å²) >= 11 is 1.58. The summed E-state index contributed by atoms with van der Waals surface area (Å²) in [4.78, 5) is 16.0. The minimum atomic E-state index is 0.0384. The van der Waals surface area contributed by atoms with E-state index in [-0.39, 0.29) is 5.91 Å². The van der Waals surface area contributed by atoms with Gasteiger partial charge in [-0.2, -0.15) is 5.10 Å². The number of ether oxygens (including phenoxy) is 1. The molecule has 2 aliphatic heterocycles. The molecule has 0 spiro atoms. The highest BCUT2D eigenvalue weighted by Crippen LogP contribution is 2.29. The monoisotopic (exact) mass is 352 g/mol. The Morgan fingerprint density at radius 2 is 2.12 bits per heavy atom. The van der Waals surface area contributed by atoms with Crippen LogP contribution in [0.5, 0.6) is 5.75 Å². The zero-order valence-corrected chi connectivity index (χ0v) is 14.4. The van der Waals surface area contributed by atoms with E-state index >= 15 is 0 Å². The Kier molecular flexibility index (Phi) is 4.15. The van der Waals surface area contributed by atoms with Crippen molar-refractivity contribution < 1.29 is 9.53 Å². The van der Waals surface area contributed by atoms with Gasteiger partial charge >= 0.3 is 0 Å². The maximum atomic E-state index is 11.5.